The largest absolute Gasteiger partial charge is 0.454 e. The molecule has 32 heavy (non-hydrogen) atoms. The number of nitrogens with zero attached hydrogens (tertiary/aromatic N) is 1. The van der Waals surface area contributed by atoms with Gasteiger partial charge in [-0.05, 0) is 53.1 Å². The molecule has 3 aromatic carbocycles. The predicted octanol–water partition coefficient (Wildman–Crippen LogP) is 6.51. The molecule has 5 heteroatoms. The third-order valence-corrected chi connectivity index (χ3v) is 5.95. The molecule has 154 valence electrons. The van der Waals surface area contributed by atoms with Crippen molar-refractivity contribution in [1.29, 1.82) is 0 Å². The van der Waals surface area contributed by atoms with Crippen molar-refractivity contribution in [3.63, 3.8) is 0 Å². The van der Waals surface area contributed by atoms with Gasteiger partial charge in [-0.15, -0.1) is 0 Å². The molecule has 0 saturated heterocycles. The first-order chi connectivity index (χ1) is 15.7. The lowest BCUT2D eigenvalue weighted by Gasteiger charge is -2.10. The fraction of sp³-hybridized carbons (Fsp3) is 0.0370. The van der Waals surface area contributed by atoms with Crippen molar-refractivity contribution in [2.45, 2.75) is 0 Å². The molecule has 2 aliphatic rings. The van der Waals surface area contributed by atoms with Gasteiger partial charge in [0.1, 0.15) is 0 Å². The summed E-state index contributed by atoms with van der Waals surface area (Å²) in [6.07, 6.45) is 3.93. The van der Waals surface area contributed by atoms with Crippen LogP contribution in [0.4, 0.5) is 0 Å². The van der Waals surface area contributed by atoms with Crippen LogP contribution in [-0.2, 0) is 0 Å². The Labute approximate surface area is 189 Å². The van der Waals surface area contributed by atoms with E-state index < -0.39 is 0 Å². The Bertz CT molecular complexity index is 1420. The zero-order valence-corrected chi connectivity index (χ0v) is 17.6. The van der Waals surface area contributed by atoms with E-state index in [1.165, 1.54) is 0 Å². The van der Waals surface area contributed by atoms with Gasteiger partial charge in [0.2, 0.25) is 6.79 Å². The van der Waals surface area contributed by atoms with Gasteiger partial charge < -0.3 is 9.47 Å². The normalized spacial score (nSPS) is 13.5. The fourth-order valence-electron chi connectivity index (χ4n) is 4.14. The van der Waals surface area contributed by atoms with Gasteiger partial charge in [0.05, 0.1) is 17.0 Å². The maximum Gasteiger partial charge on any atom is 0.231 e. The molecular weight excluding hydrogens is 422 g/mol. The minimum Gasteiger partial charge on any atom is -0.454 e. The molecule has 0 radical (unpaired) electrons. The number of ether oxygens (including phenoxy) is 2. The monoisotopic (exact) mass is 437 g/mol. The summed E-state index contributed by atoms with van der Waals surface area (Å²) in [6, 6.07) is 22.9. The maximum absolute atomic E-state index is 13.3. The van der Waals surface area contributed by atoms with Gasteiger partial charge in [0, 0.05) is 16.1 Å². The standard InChI is InChI=1S/C27H16ClNO3/c28-18-9-5-16(6-10-18)7-11-19-14-22(17-8-12-23-24(13-17)32-15-31-23)25-26(29-19)20-3-1-2-4-21(20)27(25)30/h1-14H,15H2/b11-7+. The molecule has 6 rings (SSSR count). The molecule has 0 unspecified atom stereocenters. The van der Waals surface area contributed by atoms with Crippen molar-refractivity contribution in [2.75, 3.05) is 6.79 Å². The van der Waals surface area contributed by atoms with E-state index in [2.05, 4.69) is 0 Å². The molecule has 0 spiro atoms. The average molecular weight is 438 g/mol. The molecule has 0 N–H and O–H groups in total. The Morgan fingerprint density at radius 2 is 1.59 bits per heavy atom. The molecule has 0 saturated carbocycles. The van der Waals surface area contributed by atoms with E-state index >= 15 is 0 Å². The van der Waals surface area contributed by atoms with Gasteiger partial charge in [-0.3, -0.25) is 4.79 Å². The highest BCUT2D eigenvalue weighted by Gasteiger charge is 2.31. The number of ketones is 1. The second kappa shape index (κ2) is 7.36. The summed E-state index contributed by atoms with van der Waals surface area (Å²) in [5.74, 6) is 1.37. The molecule has 2 heterocycles. The van der Waals surface area contributed by atoms with Crippen LogP contribution in [0.25, 0.3) is 34.5 Å². The SMILES string of the molecule is O=C1c2ccccc2-c2nc(/C=C/c3ccc(Cl)cc3)cc(-c3ccc4c(c3)OCO4)c21. The van der Waals surface area contributed by atoms with Crippen LogP contribution < -0.4 is 9.47 Å². The number of pyridine rings is 1. The first-order valence-corrected chi connectivity index (χ1v) is 10.6. The third kappa shape index (κ3) is 3.08. The smallest absolute Gasteiger partial charge is 0.231 e. The van der Waals surface area contributed by atoms with Crippen molar-refractivity contribution in [3.05, 3.63) is 100 Å². The zero-order valence-electron chi connectivity index (χ0n) is 16.8. The van der Waals surface area contributed by atoms with Crippen molar-refractivity contribution in [3.8, 4) is 33.9 Å². The van der Waals surface area contributed by atoms with Crippen LogP contribution in [0, 0.1) is 0 Å². The van der Waals surface area contributed by atoms with Gasteiger partial charge in [0.25, 0.3) is 0 Å². The molecule has 1 aliphatic carbocycles. The lowest BCUT2D eigenvalue weighted by atomic mass is 9.96. The molecule has 1 aliphatic heterocycles. The van der Waals surface area contributed by atoms with E-state index in [-0.39, 0.29) is 12.6 Å². The number of aromatic nitrogens is 1. The highest BCUT2D eigenvalue weighted by atomic mass is 35.5. The summed E-state index contributed by atoms with van der Waals surface area (Å²) >= 11 is 6.00. The summed E-state index contributed by atoms with van der Waals surface area (Å²) < 4.78 is 11.0. The van der Waals surface area contributed by atoms with E-state index in [1.54, 1.807) is 0 Å². The second-order valence-electron chi connectivity index (χ2n) is 7.65. The van der Waals surface area contributed by atoms with Gasteiger partial charge in [-0.2, -0.15) is 0 Å². The summed E-state index contributed by atoms with van der Waals surface area (Å²) in [5, 5.41) is 0.693. The summed E-state index contributed by atoms with van der Waals surface area (Å²) in [5.41, 5.74) is 6.34. The number of hydrogen-bond acceptors (Lipinski definition) is 4. The average Bonchev–Trinajstić information content (AvgIpc) is 3.41. The van der Waals surface area contributed by atoms with Crippen molar-refractivity contribution in [1.82, 2.24) is 4.98 Å². The summed E-state index contributed by atoms with van der Waals surface area (Å²) in [7, 11) is 0. The Hall–Kier alpha value is -3.89. The number of rotatable bonds is 3. The Kier molecular flexibility index (Phi) is 4.33. The lowest BCUT2D eigenvalue weighted by Crippen LogP contribution is -2.00. The number of hydrogen-bond donors (Lipinski definition) is 0. The van der Waals surface area contributed by atoms with Crippen LogP contribution >= 0.6 is 11.6 Å². The molecule has 0 atom stereocenters. The lowest BCUT2D eigenvalue weighted by molar-refractivity contribution is 0.104. The molecule has 0 fully saturated rings. The van der Waals surface area contributed by atoms with Crippen LogP contribution in [0.15, 0.2) is 72.8 Å². The molecular formula is C27H16ClNO3. The summed E-state index contributed by atoms with van der Waals surface area (Å²) in [4.78, 5) is 18.2. The maximum atomic E-state index is 13.3. The minimum atomic E-state index is -0.0102. The second-order valence-corrected chi connectivity index (χ2v) is 8.08. The first kappa shape index (κ1) is 18.8. The van der Waals surface area contributed by atoms with Crippen LogP contribution in [0.5, 0.6) is 11.5 Å². The molecule has 1 aromatic heterocycles. The van der Waals surface area contributed by atoms with Gasteiger partial charge in [0.15, 0.2) is 17.3 Å². The van der Waals surface area contributed by atoms with E-state index in [0.29, 0.717) is 33.3 Å². The van der Waals surface area contributed by atoms with Crippen molar-refractivity contribution < 1.29 is 14.3 Å². The van der Waals surface area contributed by atoms with Crippen molar-refractivity contribution >= 4 is 29.5 Å². The highest BCUT2D eigenvalue weighted by molar-refractivity contribution is 6.30. The number of benzene rings is 3. The number of halogens is 1. The fourth-order valence-corrected chi connectivity index (χ4v) is 4.27. The highest BCUT2D eigenvalue weighted by Crippen LogP contribution is 2.43. The molecule has 4 aromatic rings. The minimum absolute atomic E-state index is 0.0102. The van der Waals surface area contributed by atoms with E-state index in [1.807, 2.05) is 84.9 Å². The third-order valence-electron chi connectivity index (χ3n) is 5.69. The van der Waals surface area contributed by atoms with Crippen LogP contribution in [0.2, 0.25) is 5.02 Å². The number of fused-ring (bicyclic) bond motifs is 4. The first-order valence-electron chi connectivity index (χ1n) is 10.2. The Balaban J connectivity index is 1.53. The topological polar surface area (TPSA) is 48.4 Å². The van der Waals surface area contributed by atoms with Gasteiger partial charge in [-0.1, -0.05) is 60.1 Å². The van der Waals surface area contributed by atoms with Gasteiger partial charge >= 0.3 is 0 Å². The quantitative estimate of drug-likeness (QED) is 0.322. The van der Waals surface area contributed by atoms with E-state index in [4.69, 9.17) is 26.1 Å². The Morgan fingerprint density at radius 1 is 0.812 bits per heavy atom. The van der Waals surface area contributed by atoms with Gasteiger partial charge in [-0.25, -0.2) is 4.98 Å². The predicted molar refractivity (Wildman–Crippen MR) is 125 cm³/mol. The van der Waals surface area contributed by atoms with Crippen LogP contribution in [-0.4, -0.2) is 17.6 Å². The van der Waals surface area contributed by atoms with E-state index in [9.17, 15) is 4.79 Å². The molecule has 0 bridgehead atoms. The molecule has 0 amide bonds. The molecule has 4 nitrogen and oxygen atoms in total. The van der Waals surface area contributed by atoms with Crippen molar-refractivity contribution in [2.24, 2.45) is 0 Å². The summed E-state index contributed by atoms with van der Waals surface area (Å²) in [6.45, 7) is 0.201. The Morgan fingerprint density at radius 3 is 2.44 bits per heavy atom. The van der Waals surface area contributed by atoms with Crippen LogP contribution in [0.3, 0.4) is 0 Å². The number of carbonyl (C=O) groups excluding carboxylic acids is 1. The van der Waals surface area contributed by atoms with Crippen LogP contribution in [0.1, 0.15) is 27.2 Å². The zero-order chi connectivity index (χ0) is 21.7. The van der Waals surface area contributed by atoms with E-state index in [0.717, 1.165) is 27.9 Å². The number of carbonyl (C=O) groups is 1.